The SMILES string of the molecule is N/C(CN1CCN(CC2CCCO2)CC1)=N\O. The lowest BCUT2D eigenvalue weighted by molar-refractivity contribution is 0.0531. The predicted octanol–water partition coefficient (Wildman–Crippen LogP) is -0.471. The molecule has 0 aromatic carbocycles. The first-order valence-corrected chi connectivity index (χ1v) is 6.30. The number of piperazine rings is 1. The molecule has 2 rings (SSSR count). The molecule has 0 radical (unpaired) electrons. The molecule has 3 N–H and O–H groups in total. The Morgan fingerprint density at radius 3 is 2.59 bits per heavy atom. The van der Waals surface area contributed by atoms with Crippen molar-refractivity contribution in [3.05, 3.63) is 0 Å². The van der Waals surface area contributed by atoms with Crippen LogP contribution in [0, 0.1) is 0 Å². The van der Waals surface area contributed by atoms with Crippen molar-refractivity contribution in [1.29, 1.82) is 0 Å². The number of nitrogens with two attached hydrogens (primary N) is 1. The Kier molecular flexibility index (Phi) is 4.58. The number of hydrogen-bond acceptors (Lipinski definition) is 5. The molecule has 0 saturated carbocycles. The molecule has 2 heterocycles. The van der Waals surface area contributed by atoms with E-state index in [1.807, 2.05) is 0 Å². The molecule has 2 aliphatic heterocycles. The first-order valence-electron chi connectivity index (χ1n) is 6.30. The smallest absolute Gasteiger partial charge is 0.153 e. The lowest BCUT2D eigenvalue weighted by Gasteiger charge is -2.35. The summed E-state index contributed by atoms with van der Waals surface area (Å²) in [5.41, 5.74) is 5.50. The molecule has 17 heavy (non-hydrogen) atoms. The molecule has 2 aliphatic rings. The quantitative estimate of drug-likeness (QED) is 0.302. The Labute approximate surface area is 102 Å². The minimum absolute atomic E-state index is 0.289. The van der Waals surface area contributed by atoms with Gasteiger partial charge in [-0.15, -0.1) is 0 Å². The van der Waals surface area contributed by atoms with Gasteiger partial charge >= 0.3 is 0 Å². The number of rotatable bonds is 4. The van der Waals surface area contributed by atoms with Crippen LogP contribution in [0.3, 0.4) is 0 Å². The molecule has 1 unspecified atom stereocenters. The molecule has 0 spiro atoms. The van der Waals surface area contributed by atoms with E-state index in [1.165, 1.54) is 12.8 Å². The number of amidine groups is 1. The third kappa shape index (κ3) is 3.83. The van der Waals surface area contributed by atoms with Crippen molar-refractivity contribution in [2.24, 2.45) is 10.9 Å². The number of ether oxygens (including phenoxy) is 1. The Hall–Kier alpha value is -0.850. The molecule has 0 amide bonds. The second-order valence-electron chi connectivity index (χ2n) is 4.80. The summed E-state index contributed by atoms with van der Waals surface area (Å²) in [5.74, 6) is 0.289. The fourth-order valence-corrected chi connectivity index (χ4v) is 2.47. The highest BCUT2D eigenvalue weighted by Gasteiger charge is 2.22. The minimum atomic E-state index is 0.289. The highest BCUT2D eigenvalue weighted by Crippen LogP contribution is 2.14. The molecule has 6 nitrogen and oxygen atoms in total. The van der Waals surface area contributed by atoms with Gasteiger partial charge in [0.25, 0.3) is 0 Å². The van der Waals surface area contributed by atoms with Gasteiger partial charge in [-0.1, -0.05) is 5.16 Å². The highest BCUT2D eigenvalue weighted by atomic mass is 16.5. The summed E-state index contributed by atoms with van der Waals surface area (Å²) in [7, 11) is 0. The van der Waals surface area contributed by atoms with E-state index in [-0.39, 0.29) is 5.84 Å². The molecule has 0 aromatic heterocycles. The van der Waals surface area contributed by atoms with Gasteiger partial charge in [0, 0.05) is 39.3 Å². The molecule has 1 atom stereocenters. The van der Waals surface area contributed by atoms with E-state index in [2.05, 4.69) is 15.0 Å². The van der Waals surface area contributed by atoms with E-state index in [1.54, 1.807) is 0 Å². The van der Waals surface area contributed by atoms with Crippen molar-refractivity contribution in [2.75, 3.05) is 45.9 Å². The van der Waals surface area contributed by atoms with Crippen molar-refractivity contribution in [3.8, 4) is 0 Å². The molecule has 2 fully saturated rings. The minimum Gasteiger partial charge on any atom is -0.409 e. The van der Waals surface area contributed by atoms with Crippen LogP contribution in [-0.4, -0.2) is 72.8 Å². The second-order valence-corrected chi connectivity index (χ2v) is 4.80. The van der Waals surface area contributed by atoms with E-state index in [0.29, 0.717) is 12.6 Å². The monoisotopic (exact) mass is 242 g/mol. The van der Waals surface area contributed by atoms with Crippen molar-refractivity contribution in [2.45, 2.75) is 18.9 Å². The topological polar surface area (TPSA) is 74.3 Å². The Bertz CT molecular complexity index is 258. The van der Waals surface area contributed by atoms with Gasteiger partial charge in [0.2, 0.25) is 0 Å². The van der Waals surface area contributed by atoms with E-state index < -0.39 is 0 Å². The fraction of sp³-hybridized carbons (Fsp3) is 0.909. The van der Waals surface area contributed by atoms with Crippen LogP contribution in [0.25, 0.3) is 0 Å². The Balaban J connectivity index is 1.66. The van der Waals surface area contributed by atoms with Gasteiger partial charge in [0.15, 0.2) is 5.84 Å². The fourth-order valence-electron chi connectivity index (χ4n) is 2.47. The number of oxime groups is 1. The van der Waals surface area contributed by atoms with Crippen LogP contribution in [-0.2, 0) is 4.74 Å². The largest absolute Gasteiger partial charge is 0.409 e. The first-order chi connectivity index (χ1) is 8.28. The van der Waals surface area contributed by atoms with Crippen molar-refractivity contribution in [1.82, 2.24) is 9.80 Å². The molecule has 0 aliphatic carbocycles. The van der Waals surface area contributed by atoms with Crippen LogP contribution in [0.2, 0.25) is 0 Å². The van der Waals surface area contributed by atoms with Crippen molar-refractivity contribution >= 4 is 5.84 Å². The summed E-state index contributed by atoms with van der Waals surface area (Å²) in [5, 5.41) is 11.5. The van der Waals surface area contributed by atoms with Crippen molar-refractivity contribution in [3.63, 3.8) is 0 Å². The maximum atomic E-state index is 8.52. The van der Waals surface area contributed by atoms with Crippen molar-refractivity contribution < 1.29 is 9.94 Å². The summed E-state index contributed by atoms with van der Waals surface area (Å²) >= 11 is 0. The molecule has 6 heteroatoms. The molecule has 0 bridgehead atoms. The third-order valence-corrected chi connectivity index (χ3v) is 3.46. The van der Waals surface area contributed by atoms with Crippen LogP contribution in [0.15, 0.2) is 5.16 Å². The standard InChI is InChI=1S/C11H22N4O2/c12-11(13-16)9-15-5-3-14(4-6-15)8-10-2-1-7-17-10/h10,16H,1-9H2,(H2,12,13). The molecular weight excluding hydrogens is 220 g/mol. The highest BCUT2D eigenvalue weighted by molar-refractivity contribution is 5.81. The lowest BCUT2D eigenvalue weighted by Crippen LogP contribution is -2.50. The average Bonchev–Trinajstić information content (AvgIpc) is 2.84. The summed E-state index contributed by atoms with van der Waals surface area (Å²) in [6.07, 6.45) is 2.84. The Morgan fingerprint density at radius 1 is 1.29 bits per heavy atom. The van der Waals surface area contributed by atoms with Gasteiger partial charge in [-0.05, 0) is 12.8 Å². The van der Waals surface area contributed by atoms with Crippen LogP contribution in [0.5, 0.6) is 0 Å². The van der Waals surface area contributed by atoms with Gasteiger partial charge in [-0.3, -0.25) is 9.80 Å². The third-order valence-electron chi connectivity index (χ3n) is 3.46. The first kappa shape index (κ1) is 12.6. The van der Waals surface area contributed by atoms with Gasteiger partial charge in [-0.25, -0.2) is 0 Å². The van der Waals surface area contributed by atoms with E-state index in [4.69, 9.17) is 15.7 Å². The zero-order valence-electron chi connectivity index (χ0n) is 10.2. The lowest BCUT2D eigenvalue weighted by atomic mass is 10.2. The molecule has 0 aromatic rings. The van der Waals surface area contributed by atoms with Crippen LogP contribution < -0.4 is 5.73 Å². The molecule has 2 saturated heterocycles. The predicted molar refractivity (Wildman–Crippen MR) is 65.3 cm³/mol. The van der Waals surface area contributed by atoms with E-state index in [9.17, 15) is 0 Å². The summed E-state index contributed by atoms with van der Waals surface area (Å²) in [6.45, 7) is 6.57. The molecular formula is C11H22N4O2. The van der Waals surface area contributed by atoms with Crippen LogP contribution >= 0.6 is 0 Å². The Morgan fingerprint density at radius 2 is 2.00 bits per heavy atom. The average molecular weight is 242 g/mol. The van der Waals surface area contributed by atoms with E-state index >= 15 is 0 Å². The zero-order valence-corrected chi connectivity index (χ0v) is 10.2. The van der Waals surface area contributed by atoms with Gasteiger partial charge in [-0.2, -0.15) is 0 Å². The summed E-state index contributed by atoms with van der Waals surface area (Å²) in [4.78, 5) is 4.65. The maximum Gasteiger partial charge on any atom is 0.153 e. The van der Waals surface area contributed by atoms with Gasteiger partial charge < -0.3 is 15.7 Å². The summed E-state index contributed by atoms with van der Waals surface area (Å²) in [6, 6.07) is 0. The number of nitrogens with zero attached hydrogens (tertiary/aromatic N) is 3. The number of hydrogen-bond donors (Lipinski definition) is 2. The maximum absolute atomic E-state index is 8.52. The zero-order chi connectivity index (χ0) is 12.1. The van der Waals surface area contributed by atoms with E-state index in [0.717, 1.165) is 39.3 Å². The van der Waals surface area contributed by atoms with Crippen LogP contribution in [0.1, 0.15) is 12.8 Å². The van der Waals surface area contributed by atoms with Crippen LogP contribution in [0.4, 0.5) is 0 Å². The van der Waals surface area contributed by atoms with Gasteiger partial charge in [0.05, 0.1) is 12.6 Å². The normalized spacial score (nSPS) is 28.7. The summed E-state index contributed by atoms with van der Waals surface area (Å²) < 4.78 is 5.64. The second kappa shape index (κ2) is 6.18. The molecule has 98 valence electrons. The van der Waals surface area contributed by atoms with Gasteiger partial charge in [0.1, 0.15) is 0 Å².